The van der Waals surface area contributed by atoms with E-state index in [0.717, 1.165) is 56.4 Å². The maximum atomic E-state index is 13.6. The van der Waals surface area contributed by atoms with Gasteiger partial charge in [-0.05, 0) is 61.4 Å². The molecule has 8 heteroatoms. The van der Waals surface area contributed by atoms with Crippen LogP contribution < -0.4 is 10.2 Å². The maximum Gasteiger partial charge on any atom is 0.253 e. The van der Waals surface area contributed by atoms with Gasteiger partial charge in [-0.1, -0.05) is 24.3 Å². The second-order valence-corrected chi connectivity index (χ2v) is 10.9. The van der Waals surface area contributed by atoms with E-state index in [0.29, 0.717) is 31.9 Å². The van der Waals surface area contributed by atoms with Crippen molar-refractivity contribution in [3.05, 3.63) is 59.2 Å². The quantitative estimate of drug-likeness (QED) is 0.728. The molecule has 0 unspecified atom stereocenters. The van der Waals surface area contributed by atoms with Crippen LogP contribution >= 0.6 is 0 Å². The van der Waals surface area contributed by atoms with Crippen molar-refractivity contribution in [1.82, 2.24) is 9.62 Å². The lowest BCUT2D eigenvalue weighted by Gasteiger charge is -2.29. The molecule has 1 atom stereocenters. The van der Waals surface area contributed by atoms with Crippen molar-refractivity contribution in [2.24, 2.45) is 0 Å². The average molecular weight is 470 g/mol. The molecule has 5 rings (SSSR count). The van der Waals surface area contributed by atoms with Crippen LogP contribution in [-0.2, 0) is 21.2 Å². The lowest BCUT2D eigenvalue weighted by molar-refractivity contribution is 0.0730. The van der Waals surface area contributed by atoms with Crippen molar-refractivity contribution >= 4 is 21.6 Å². The predicted octanol–water partition coefficient (Wildman–Crippen LogP) is 3.12. The first-order valence-corrected chi connectivity index (χ1v) is 13.3. The molecule has 3 aliphatic rings. The van der Waals surface area contributed by atoms with Crippen LogP contribution in [0.1, 0.15) is 53.2 Å². The summed E-state index contributed by atoms with van der Waals surface area (Å²) < 4.78 is 33.3. The number of benzene rings is 2. The Bertz CT molecular complexity index is 1120. The summed E-state index contributed by atoms with van der Waals surface area (Å²) in [7, 11) is -3.69. The van der Waals surface area contributed by atoms with Crippen LogP contribution in [0.3, 0.4) is 0 Å². The van der Waals surface area contributed by atoms with Gasteiger partial charge < -0.3 is 15.0 Å². The molecular formula is C25H31N3O4S. The van der Waals surface area contributed by atoms with Crippen molar-refractivity contribution in [2.75, 3.05) is 44.3 Å². The van der Waals surface area contributed by atoms with Gasteiger partial charge in [0.15, 0.2) is 0 Å². The third-order valence-electron chi connectivity index (χ3n) is 6.94. The highest BCUT2D eigenvalue weighted by Crippen LogP contribution is 2.32. The minimum Gasteiger partial charge on any atom is -0.379 e. The molecule has 176 valence electrons. The average Bonchev–Trinajstić information content (AvgIpc) is 3.39. The van der Waals surface area contributed by atoms with Gasteiger partial charge in [-0.3, -0.25) is 4.79 Å². The normalized spacial score (nSPS) is 21.6. The number of hydrogen-bond donors (Lipinski definition) is 1. The van der Waals surface area contributed by atoms with E-state index in [1.807, 2.05) is 18.2 Å². The second-order valence-electron chi connectivity index (χ2n) is 9.01. The third kappa shape index (κ3) is 4.52. The minimum atomic E-state index is -3.69. The summed E-state index contributed by atoms with van der Waals surface area (Å²) in [5.41, 5.74) is 3.69. The number of sulfonamides is 1. The predicted molar refractivity (Wildman–Crippen MR) is 127 cm³/mol. The summed E-state index contributed by atoms with van der Waals surface area (Å²) in [6.45, 7) is 3.19. The van der Waals surface area contributed by atoms with Gasteiger partial charge in [-0.25, -0.2) is 8.42 Å². The molecule has 2 heterocycles. The van der Waals surface area contributed by atoms with Crippen molar-refractivity contribution in [3.63, 3.8) is 0 Å². The molecule has 0 radical (unpaired) electrons. The van der Waals surface area contributed by atoms with Crippen LogP contribution in [0.5, 0.6) is 0 Å². The first-order valence-electron chi connectivity index (χ1n) is 11.9. The zero-order chi connectivity index (χ0) is 22.8. The zero-order valence-electron chi connectivity index (χ0n) is 18.8. The number of rotatable bonds is 5. The van der Waals surface area contributed by atoms with Gasteiger partial charge >= 0.3 is 0 Å². The number of carbonyl (C=O) groups is 1. The summed E-state index contributed by atoms with van der Waals surface area (Å²) in [5, 5.41) is 3.22. The maximum absolute atomic E-state index is 13.6. The Morgan fingerprint density at radius 3 is 2.52 bits per heavy atom. The Hall–Kier alpha value is -2.42. The van der Waals surface area contributed by atoms with E-state index in [4.69, 9.17) is 4.74 Å². The van der Waals surface area contributed by atoms with Crippen molar-refractivity contribution < 1.29 is 17.9 Å². The van der Waals surface area contributed by atoms with Crippen molar-refractivity contribution in [1.29, 1.82) is 0 Å². The number of ether oxygens (including phenoxy) is 1. The van der Waals surface area contributed by atoms with Crippen molar-refractivity contribution in [3.8, 4) is 0 Å². The van der Waals surface area contributed by atoms with Crippen LogP contribution in [0.2, 0.25) is 0 Å². The standard InChI is InChI=1S/C25H31N3O4S/c29-25(26-23-9-5-7-19-6-1-2-8-21(19)23)22-18-20(10-11-24(22)27-12-3-4-13-27)33(30,31)28-14-16-32-17-15-28/h1-2,6,8,10-11,18,23H,3-5,7,9,12-17H2,(H,26,29)/t23-/m1/s1. The lowest BCUT2D eigenvalue weighted by atomic mass is 9.87. The topological polar surface area (TPSA) is 79.0 Å². The van der Waals surface area contributed by atoms with E-state index < -0.39 is 10.0 Å². The summed E-state index contributed by atoms with van der Waals surface area (Å²) in [6, 6.07) is 13.2. The summed E-state index contributed by atoms with van der Waals surface area (Å²) in [4.78, 5) is 15.9. The number of amides is 1. The Balaban J connectivity index is 1.48. The monoisotopic (exact) mass is 469 g/mol. The first-order chi connectivity index (χ1) is 16.0. The third-order valence-corrected chi connectivity index (χ3v) is 8.84. The largest absolute Gasteiger partial charge is 0.379 e. The van der Waals surface area contributed by atoms with Crippen LogP contribution in [0.15, 0.2) is 47.4 Å². The summed E-state index contributed by atoms with van der Waals surface area (Å²) in [5.74, 6) is -0.211. The Morgan fingerprint density at radius 2 is 1.73 bits per heavy atom. The van der Waals surface area contributed by atoms with Gasteiger partial charge in [0.05, 0.1) is 29.7 Å². The first kappa shape index (κ1) is 22.4. The van der Waals surface area contributed by atoms with E-state index in [9.17, 15) is 13.2 Å². The van der Waals surface area contributed by atoms with Gasteiger partial charge in [0.2, 0.25) is 10.0 Å². The SMILES string of the molecule is O=C(N[C@@H]1CCCc2ccccc21)c1cc(S(=O)(=O)N2CCOCC2)ccc1N1CCCC1. The fraction of sp³-hybridized carbons (Fsp3) is 0.480. The molecule has 2 aromatic carbocycles. The van der Waals surface area contributed by atoms with Crippen LogP contribution in [0.25, 0.3) is 0 Å². The number of hydrogen-bond acceptors (Lipinski definition) is 5. The van der Waals surface area contributed by atoms with Crippen LogP contribution in [0.4, 0.5) is 5.69 Å². The van der Waals surface area contributed by atoms with Crippen LogP contribution in [0, 0.1) is 0 Å². The van der Waals surface area contributed by atoms with Crippen LogP contribution in [-0.4, -0.2) is 58.0 Å². The molecule has 0 saturated carbocycles. The highest BCUT2D eigenvalue weighted by atomic mass is 32.2. The molecule has 0 bridgehead atoms. The van der Waals surface area contributed by atoms with Gasteiger partial charge in [0.1, 0.15) is 0 Å². The molecule has 2 aromatic rings. The van der Waals surface area contributed by atoms with Gasteiger partial charge in [-0.15, -0.1) is 0 Å². The molecule has 7 nitrogen and oxygen atoms in total. The van der Waals surface area contributed by atoms with E-state index in [-0.39, 0.29) is 16.8 Å². The molecule has 2 saturated heterocycles. The number of nitrogens with one attached hydrogen (secondary N) is 1. The zero-order valence-corrected chi connectivity index (χ0v) is 19.6. The van der Waals surface area contributed by atoms with Crippen molar-refractivity contribution in [2.45, 2.75) is 43.0 Å². The smallest absolute Gasteiger partial charge is 0.253 e. The molecule has 2 fully saturated rings. The molecule has 33 heavy (non-hydrogen) atoms. The fourth-order valence-corrected chi connectivity index (χ4v) is 6.60. The minimum absolute atomic E-state index is 0.0617. The summed E-state index contributed by atoms with van der Waals surface area (Å²) >= 11 is 0. The van der Waals surface area contributed by atoms with Gasteiger partial charge in [-0.2, -0.15) is 4.31 Å². The molecule has 1 amide bonds. The highest BCUT2D eigenvalue weighted by molar-refractivity contribution is 7.89. The molecule has 1 N–H and O–H groups in total. The molecule has 0 aromatic heterocycles. The van der Waals surface area contributed by atoms with E-state index >= 15 is 0 Å². The molecular weight excluding hydrogens is 438 g/mol. The molecule has 1 aliphatic carbocycles. The number of nitrogens with zero attached hydrogens (tertiary/aromatic N) is 2. The number of morpholine rings is 1. The Labute approximate surface area is 195 Å². The van der Waals surface area contributed by atoms with E-state index in [1.54, 1.807) is 12.1 Å². The number of anilines is 1. The van der Waals surface area contributed by atoms with Gasteiger partial charge in [0, 0.05) is 31.9 Å². The van der Waals surface area contributed by atoms with E-state index in [1.165, 1.54) is 9.87 Å². The van der Waals surface area contributed by atoms with Gasteiger partial charge in [0.25, 0.3) is 5.91 Å². The Kier molecular flexibility index (Phi) is 6.40. The second kappa shape index (κ2) is 9.44. The van der Waals surface area contributed by atoms with E-state index in [2.05, 4.69) is 22.3 Å². The summed E-state index contributed by atoms with van der Waals surface area (Å²) in [6.07, 6.45) is 5.07. The number of aryl methyl sites for hydroxylation is 1. The number of carbonyl (C=O) groups excluding carboxylic acids is 1. The lowest BCUT2D eigenvalue weighted by Crippen LogP contribution is -2.40. The Morgan fingerprint density at radius 1 is 0.970 bits per heavy atom. The fourth-order valence-electron chi connectivity index (χ4n) is 5.17. The molecule has 2 aliphatic heterocycles. The number of fused-ring (bicyclic) bond motifs is 1. The highest BCUT2D eigenvalue weighted by Gasteiger charge is 2.30. The molecule has 0 spiro atoms.